The Morgan fingerprint density at radius 3 is 2.88 bits per heavy atom. The predicted molar refractivity (Wildman–Crippen MR) is 96.1 cm³/mol. The first kappa shape index (κ1) is 17.7. The van der Waals surface area contributed by atoms with Crippen molar-refractivity contribution < 1.29 is 9.84 Å². The van der Waals surface area contributed by atoms with Crippen LogP contribution in [-0.4, -0.2) is 36.9 Å². The van der Waals surface area contributed by atoms with Crippen LogP contribution in [0.5, 0.6) is 5.75 Å². The molecule has 0 amide bonds. The van der Waals surface area contributed by atoms with Gasteiger partial charge < -0.3 is 14.4 Å². The van der Waals surface area contributed by atoms with Crippen LogP contribution in [-0.2, 0) is 13.6 Å². The zero-order valence-corrected chi connectivity index (χ0v) is 14.4. The summed E-state index contributed by atoms with van der Waals surface area (Å²) in [6.07, 6.45) is -0.934. The Hall–Kier alpha value is -3.11. The number of nitrogen functional groups attached to an aromatic ring is 1. The maximum Gasteiger partial charge on any atom is 0.329 e. The second-order valence-electron chi connectivity index (χ2n) is 5.96. The molecule has 10 nitrogen and oxygen atoms in total. The second-order valence-corrected chi connectivity index (χ2v) is 5.96. The lowest BCUT2D eigenvalue weighted by atomic mass is 10.2. The highest BCUT2D eigenvalue weighted by molar-refractivity contribution is 5.74. The number of imidazole rings is 1. The first-order valence-electron chi connectivity index (χ1n) is 7.94. The van der Waals surface area contributed by atoms with Gasteiger partial charge in [0, 0.05) is 7.05 Å². The molecule has 0 aliphatic carbocycles. The topological polar surface area (TPSA) is 140 Å². The van der Waals surface area contributed by atoms with Crippen LogP contribution in [0.1, 0.15) is 5.56 Å². The summed E-state index contributed by atoms with van der Waals surface area (Å²) in [6.45, 7) is 1.95. The summed E-state index contributed by atoms with van der Waals surface area (Å²) in [4.78, 5) is 30.3. The lowest BCUT2D eigenvalue weighted by Gasteiger charge is -2.15. The van der Waals surface area contributed by atoms with Crippen LogP contribution in [0.4, 0.5) is 5.95 Å². The van der Waals surface area contributed by atoms with Crippen molar-refractivity contribution in [2.75, 3.05) is 12.0 Å². The lowest BCUT2D eigenvalue weighted by molar-refractivity contribution is 0.0938. The van der Waals surface area contributed by atoms with Gasteiger partial charge in [0.2, 0.25) is 5.95 Å². The Morgan fingerprint density at radius 2 is 2.19 bits per heavy atom. The van der Waals surface area contributed by atoms with Crippen molar-refractivity contribution in [2.24, 2.45) is 12.9 Å². The maximum absolute atomic E-state index is 12.2. The highest BCUT2D eigenvalue weighted by Gasteiger charge is 2.19. The number of aliphatic hydroxyl groups is 1. The van der Waals surface area contributed by atoms with Gasteiger partial charge in [-0.05, 0) is 24.6 Å². The molecular weight excluding hydrogens is 340 g/mol. The van der Waals surface area contributed by atoms with E-state index in [0.29, 0.717) is 5.75 Å². The number of anilines is 1. The van der Waals surface area contributed by atoms with Crippen molar-refractivity contribution in [3.05, 3.63) is 50.7 Å². The highest BCUT2D eigenvalue weighted by Crippen LogP contribution is 2.16. The number of H-pyrrole nitrogens is 1. The van der Waals surface area contributed by atoms with E-state index in [1.165, 1.54) is 16.2 Å². The Kier molecular flexibility index (Phi) is 4.78. The molecule has 2 aromatic heterocycles. The Labute approximate surface area is 147 Å². The van der Waals surface area contributed by atoms with Crippen LogP contribution in [0.2, 0.25) is 0 Å². The molecule has 5 N–H and O–H groups in total. The Morgan fingerprint density at radius 1 is 1.42 bits per heavy atom. The fourth-order valence-electron chi connectivity index (χ4n) is 2.68. The van der Waals surface area contributed by atoms with E-state index in [4.69, 9.17) is 10.6 Å². The number of hydrogen-bond acceptors (Lipinski definition) is 7. The van der Waals surface area contributed by atoms with Gasteiger partial charge in [0.1, 0.15) is 18.5 Å². The SMILES string of the molecule is Cc1cccc(OCC(O)Cn2c(NN)nc3c2c(=O)[nH]c(=O)n3C)c1. The molecule has 0 spiro atoms. The maximum atomic E-state index is 12.2. The van der Waals surface area contributed by atoms with E-state index in [-0.39, 0.29) is 30.3 Å². The monoisotopic (exact) mass is 360 g/mol. The van der Waals surface area contributed by atoms with Gasteiger partial charge in [-0.2, -0.15) is 4.98 Å². The number of rotatable bonds is 6. The van der Waals surface area contributed by atoms with Crippen molar-refractivity contribution in [3.8, 4) is 5.75 Å². The Bertz CT molecular complexity index is 1050. The zero-order valence-electron chi connectivity index (χ0n) is 14.4. The van der Waals surface area contributed by atoms with E-state index in [1.807, 2.05) is 25.1 Å². The summed E-state index contributed by atoms with van der Waals surface area (Å²) in [5, 5.41) is 10.3. The standard InChI is InChI=1S/C16H20N6O4/c1-9-4-3-5-11(6-9)26-8-10(23)7-22-12-13(18-15(22)20-17)21(2)16(25)19-14(12)24/h3-6,10,23H,7-8,17H2,1-2H3,(H,18,20)(H,19,24,25). The third kappa shape index (κ3) is 3.32. The first-order valence-corrected chi connectivity index (χ1v) is 7.94. The van der Waals surface area contributed by atoms with E-state index in [1.54, 1.807) is 6.07 Å². The van der Waals surface area contributed by atoms with Gasteiger partial charge in [-0.1, -0.05) is 12.1 Å². The van der Waals surface area contributed by atoms with Gasteiger partial charge in [-0.15, -0.1) is 0 Å². The number of nitrogens with two attached hydrogens (primary N) is 1. The number of aryl methyl sites for hydroxylation is 2. The number of hydrogen-bond donors (Lipinski definition) is 4. The molecule has 0 aliphatic rings. The molecule has 10 heteroatoms. The summed E-state index contributed by atoms with van der Waals surface area (Å²) >= 11 is 0. The average Bonchev–Trinajstić information content (AvgIpc) is 2.97. The molecule has 0 aliphatic heterocycles. The lowest BCUT2D eigenvalue weighted by Crippen LogP contribution is -2.31. The number of nitrogens with one attached hydrogen (secondary N) is 2. The number of ether oxygens (including phenoxy) is 1. The van der Waals surface area contributed by atoms with Crippen molar-refractivity contribution in [1.82, 2.24) is 19.1 Å². The number of nitrogens with zero attached hydrogens (tertiary/aromatic N) is 3. The molecule has 0 radical (unpaired) electrons. The molecule has 0 saturated carbocycles. The third-order valence-electron chi connectivity index (χ3n) is 3.96. The van der Waals surface area contributed by atoms with Gasteiger partial charge in [0.25, 0.3) is 5.56 Å². The van der Waals surface area contributed by atoms with E-state index < -0.39 is 17.4 Å². The van der Waals surface area contributed by atoms with Crippen LogP contribution >= 0.6 is 0 Å². The molecule has 1 aromatic carbocycles. The number of aromatic amines is 1. The van der Waals surface area contributed by atoms with Crippen LogP contribution in [0.3, 0.4) is 0 Å². The summed E-state index contributed by atoms with van der Waals surface area (Å²) in [5.41, 5.74) is 2.53. The number of benzene rings is 1. The smallest absolute Gasteiger partial charge is 0.329 e. The summed E-state index contributed by atoms with van der Waals surface area (Å²) in [7, 11) is 1.48. The fourth-order valence-corrected chi connectivity index (χ4v) is 2.68. The van der Waals surface area contributed by atoms with E-state index in [0.717, 1.165) is 5.56 Å². The van der Waals surface area contributed by atoms with Crippen molar-refractivity contribution in [1.29, 1.82) is 0 Å². The summed E-state index contributed by atoms with van der Waals surface area (Å²) in [5.74, 6) is 6.25. The third-order valence-corrected chi connectivity index (χ3v) is 3.96. The number of hydrazine groups is 1. The van der Waals surface area contributed by atoms with Crippen LogP contribution in [0.25, 0.3) is 11.2 Å². The van der Waals surface area contributed by atoms with E-state index in [9.17, 15) is 14.7 Å². The summed E-state index contributed by atoms with van der Waals surface area (Å²) in [6, 6.07) is 7.44. The molecule has 3 rings (SSSR count). The van der Waals surface area contributed by atoms with Gasteiger partial charge >= 0.3 is 5.69 Å². The molecule has 0 saturated heterocycles. The van der Waals surface area contributed by atoms with Gasteiger partial charge in [-0.25, -0.2) is 10.6 Å². The first-order chi connectivity index (χ1) is 12.4. The molecule has 1 unspecified atom stereocenters. The Balaban J connectivity index is 1.87. The minimum absolute atomic E-state index is 0.00311. The normalized spacial score (nSPS) is 12.3. The predicted octanol–water partition coefficient (Wildman–Crippen LogP) is -0.543. The fraction of sp³-hybridized carbons (Fsp3) is 0.312. The van der Waals surface area contributed by atoms with E-state index >= 15 is 0 Å². The van der Waals surface area contributed by atoms with Crippen molar-refractivity contribution in [2.45, 2.75) is 19.6 Å². The van der Waals surface area contributed by atoms with E-state index in [2.05, 4.69) is 15.4 Å². The molecule has 0 bridgehead atoms. The van der Waals surface area contributed by atoms with Crippen molar-refractivity contribution >= 4 is 17.1 Å². The van der Waals surface area contributed by atoms with Crippen LogP contribution in [0.15, 0.2) is 33.9 Å². The molecule has 3 aromatic rings. The molecular formula is C16H20N6O4. The minimum atomic E-state index is -0.934. The molecule has 26 heavy (non-hydrogen) atoms. The molecule has 138 valence electrons. The van der Waals surface area contributed by atoms with Gasteiger partial charge in [-0.3, -0.25) is 19.8 Å². The largest absolute Gasteiger partial charge is 0.491 e. The van der Waals surface area contributed by atoms with Crippen LogP contribution in [0, 0.1) is 6.92 Å². The highest BCUT2D eigenvalue weighted by atomic mass is 16.5. The number of aliphatic hydroxyl groups excluding tert-OH is 1. The molecule has 1 atom stereocenters. The van der Waals surface area contributed by atoms with Gasteiger partial charge in [0.05, 0.1) is 6.54 Å². The number of aromatic nitrogens is 4. The van der Waals surface area contributed by atoms with Crippen molar-refractivity contribution in [3.63, 3.8) is 0 Å². The van der Waals surface area contributed by atoms with Crippen LogP contribution < -0.4 is 27.3 Å². The number of fused-ring (bicyclic) bond motifs is 1. The van der Waals surface area contributed by atoms with Gasteiger partial charge in [0.15, 0.2) is 11.2 Å². The zero-order chi connectivity index (χ0) is 18.8. The minimum Gasteiger partial charge on any atom is -0.491 e. The summed E-state index contributed by atoms with van der Waals surface area (Å²) < 4.78 is 8.19. The molecule has 2 heterocycles. The average molecular weight is 360 g/mol. The quantitative estimate of drug-likeness (QED) is 0.342. The molecule has 0 fully saturated rings. The second kappa shape index (κ2) is 7.02.